The number of aryl methyl sites for hydroxylation is 1. The Kier molecular flexibility index (Phi) is 6.41. The lowest BCUT2D eigenvalue weighted by molar-refractivity contribution is -0.113. The molecule has 0 unspecified atom stereocenters. The molecule has 1 aliphatic rings. The Morgan fingerprint density at radius 3 is 2.54 bits per heavy atom. The molecule has 2 aromatic carbocycles. The SMILES string of the molecule is CCCCc1ccc(N2C(=O)/C(=C/c3ccc(Cl)cc3Cl)SC2=S)cc1. The Morgan fingerprint density at radius 2 is 1.88 bits per heavy atom. The minimum atomic E-state index is -0.132. The van der Waals surface area contributed by atoms with Crippen LogP contribution in [0.25, 0.3) is 6.08 Å². The maximum atomic E-state index is 12.8. The molecule has 0 atom stereocenters. The number of hydrogen-bond acceptors (Lipinski definition) is 3. The first-order chi connectivity index (χ1) is 12.5. The average molecular weight is 422 g/mol. The van der Waals surface area contributed by atoms with Gasteiger partial charge in [0.1, 0.15) is 0 Å². The molecule has 2 nitrogen and oxygen atoms in total. The lowest BCUT2D eigenvalue weighted by atomic mass is 10.1. The molecule has 1 heterocycles. The van der Waals surface area contributed by atoms with Gasteiger partial charge < -0.3 is 0 Å². The second-order valence-electron chi connectivity index (χ2n) is 5.95. The van der Waals surface area contributed by atoms with Crippen LogP contribution in [0.15, 0.2) is 47.4 Å². The molecule has 26 heavy (non-hydrogen) atoms. The molecule has 1 fully saturated rings. The largest absolute Gasteiger partial charge is 0.270 e. The highest BCUT2D eigenvalue weighted by atomic mass is 35.5. The normalized spacial score (nSPS) is 16.0. The summed E-state index contributed by atoms with van der Waals surface area (Å²) < 4.78 is 0.521. The fraction of sp³-hybridized carbons (Fsp3) is 0.200. The third-order valence-corrected chi connectivity index (χ3v) is 5.92. The van der Waals surface area contributed by atoms with Crippen LogP contribution in [0.1, 0.15) is 30.9 Å². The van der Waals surface area contributed by atoms with Gasteiger partial charge in [0.2, 0.25) is 0 Å². The van der Waals surface area contributed by atoms with E-state index in [0.29, 0.717) is 19.3 Å². The van der Waals surface area contributed by atoms with Crippen molar-refractivity contribution in [3.05, 3.63) is 68.5 Å². The minimum Gasteiger partial charge on any atom is -0.268 e. The van der Waals surface area contributed by atoms with Crippen molar-refractivity contribution in [3.63, 3.8) is 0 Å². The molecule has 0 radical (unpaired) electrons. The molecular formula is C20H17Cl2NOS2. The zero-order valence-corrected chi connectivity index (χ0v) is 17.3. The minimum absolute atomic E-state index is 0.132. The Balaban J connectivity index is 1.83. The number of hydrogen-bond donors (Lipinski definition) is 0. The fourth-order valence-electron chi connectivity index (χ4n) is 2.64. The van der Waals surface area contributed by atoms with Crippen LogP contribution in [-0.4, -0.2) is 10.2 Å². The van der Waals surface area contributed by atoms with Crippen molar-refractivity contribution in [2.75, 3.05) is 4.90 Å². The number of unbranched alkanes of at least 4 members (excludes halogenated alkanes) is 1. The van der Waals surface area contributed by atoms with Crippen molar-refractivity contribution >= 4 is 69.2 Å². The van der Waals surface area contributed by atoms with Gasteiger partial charge in [-0.2, -0.15) is 0 Å². The Hall–Kier alpha value is -1.33. The van der Waals surface area contributed by atoms with Crippen molar-refractivity contribution in [1.82, 2.24) is 0 Å². The molecule has 2 aromatic rings. The van der Waals surface area contributed by atoms with Gasteiger partial charge in [0.05, 0.1) is 10.6 Å². The number of halogens is 2. The molecule has 0 aliphatic carbocycles. The molecule has 0 bridgehead atoms. The molecular weight excluding hydrogens is 405 g/mol. The number of amides is 1. The molecule has 1 aliphatic heterocycles. The number of rotatable bonds is 5. The molecule has 1 saturated heterocycles. The van der Waals surface area contributed by atoms with Crippen molar-refractivity contribution in [2.24, 2.45) is 0 Å². The van der Waals surface area contributed by atoms with Gasteiger partial charge in [0, 0.05) is 10.0 Å². The van der Waals surface area contributed by atoms with Gasteiger partial charge in [-0.05, 0) is 54.3 Å². The molecule has 6 heteroatoms. The zero-order valence-electron chi connectivity index (χ0n) is 14.2. The Labute approximate surface area is 173 Å². The molecule has 3 rings (SSSR count). The summed E-state index contributed by atoms with van der Waals surface area (Å²) >= 11 is 18.8. The number of nitrogens with zero attached hydrogens (tertiary/aromatic N) is 1. The van der Waals surface area contributed by atoms with E-state index in [0.717, 1.165) is 30.5 Å². The summed E-state index contributed by atoms with van der Waals surface area (Å²) in [6.45, 7) is 2.17. The molecule has 0 aromatic heterocycles. The number of carbonyl (C=O) groups excluding carboxylic acids is 1. The highest BCUT2D eigenvalue weighted by Gasteiger charge is 2.33. The van der Waals surface area contributed by atoms with Gasteiger partial charge in [-0.25, -0.2) is 0 Å². The van der Waals surface area contributed by atoms with Crippen LogP contribution in [0.4, 0.5) is 5.69 Å². The van der Waals surface area contributed by atoms with Gasteiger partial charge >= 0.3 is 0 Å². The van der Waals surface area contributed by atoms with Crippen molar-refractivity contribution < 1.29 is 4.79 Å². The number of benzene rings is 2. The van der Waals surface area contributed by atoms with Crippen LogP contribution >= 0.6 is 47.2 Å². The molecule has 134 valence electrons. The average Bonchev–Trinajstić information content (AvgIpc) is 2.90. The fourth-order valence-corrected chi connectivity index (χ4v) is 4.40. The quantitative estimate of drug-likeness (QED) is 0.393. The van der Waals surface area contributed by atoms with Crippen LogP contribution in [0.5, 0.6) is 0 Å². The first kappa shape index (κ1) is 19.4. The predicted octanol–water partition coefficient (Wildman–Crippen LogP) is 6.74. The van der Waals surface area contributed by atoms with Gasteiger partial charge in [-0.3, -0.25) is 9.69 Å². The summed E-state index contributed by atoms with van der Waals surface area (Å²) in [6.07, 6.45) is 5.12. The number of thioether (sulfide) groups is 1. The van der Waals surface area contributed by atoms with Crippen LogP contribution in [0, 0.1) is 0 Å². The van der Waals surface area contributed by atoms with Crippen LogP contribution < -0.4 is 4.90 Å². The first-order valence-corrected chi connectivity index (χ1v) is 10.3. The van der Waals surface area contributed by atoms with E-state index in [1.807, 2.05) is 12.1 Å². The highest BCUT2D eigenvalue weighted by Crippen LogP contribution is 2.37. The summed E-state index contributed by atoms with van der Waals surface area (Å²) in [4.78, 5) is 15.0. The Morgan fingerprint density at radius 1 is 1.15 bits per heavy atom. The summed E-state index contributed by atoms with van der Waals surface area (Å²) in [5, 5.41) is 1.06. The van der Waals surface area contributed by atoms with Crippen LogP contribution in [0.3, 0.4) is 0 Å². The maximum Gasteiger partial charge on any atom is 0.270 e. The van der Waals surface area contributed by atoms with Gasteiger partial charge in [-0.15, -0.1) is 0 Å². The first-order valence-electron chi connectivity index (χ1n) is 8.31. The second-order valence-corrected chi connectivity index (χ2v) is 8.47. The molecule has 0 saturated carbocycles. The van der Waals surface area contributed by atoms with Crippen molar-refractivity contribution in [2.45, 2.75) is 26.2 Å². The van der Waals surface area contributed by atoms with E-state index < -0.39 is 0 Å². The summed E-state index contributed by atoms with van der Waals surface area (Å²) in [5.74, 6) is -0.132. The lowest BCUT2D eigenvalue weighted by Gasteiger charge is -2.15. The molecule has 0 N–H and O–H groups in total. The smallest absolute Gasteiger partial charge is 0.268 e. The van der Waals surface area contributed by atoms with E-state index >= 15 is 0 Å². The maximum absolute atomic E-state index is 12.8. The lowest BCUT2D eigenvalue weighted by Crippen LogP contribution is -2.27. The third kappa shape index (κ3) is 4.32. The van der Waals surface area contributed by atoms with E-state index in [9.17, 15) is 4.79 Å². The van der Waals surface area contributed by atoms with E-state index in [4.69, 9.17) is 35.4 Å². The summed E-state index contributed by atoms with van der Waals surface area (Å²) in [7, 11) is 0. The standard InChI is InChI=1S/C20H17Cl2NOS2/c1-2-3-4-13-5-9-16(10-6-13)23-19(24)18(26-20(23)25)11-14-7-8-15(21)12-17(14)22/h5-12H,2-4H2,1H3/b18-11-. The van der Waals surface area contributed by atoms with E-state index in [-0.39, 0.29) is 5.91 Å². The summed E-state index contributed by atoms with van der Waals surface area (Å²) in [5.41, 5.74) is 2.80. The predicted molar refractivity (Wildman–Crippen MR) is 117 cm³/mol. The number of carbonyl (C=O) groups is 1. The monoisotopic (exact) mass is 421 g/mol. The van der Waals surface area contributed by atoms with Gasteiger partial charge in [-0.1, -0.05) is 78.7 Å². The second kappa shape index (κ2) is 8.57. The summed E-state index contributed by atoms with van der Waals surface area (Å²) in [6, 6.07) is 13.2. The number of anilines is 1. The van der Waals surface area contributed by atoms with Crippen molar-refractivity contribution in [1.29, 1.82) is 0 Å². The zero-order chi connectivity index (χ0) is 18.7. The number of thiocarbonyl (C=S) groups is 1. The van der Waals surface area contributed by atoms with E-state index in [1.165, 1.54) is 17.3 Å². The Bertz CT molecular complexity index is 878. The van der Waals surface area contributed by atoms with Gasteiger partial charge in [0.15, 0.2) is 4.32 Å². The van der Waals surface area contributed by atoms with E-state index in [2.05, 4.69) is 19.1 Å². The molecule has 1 amide bonds. The van der Waals surface area contributed by atoms with Crippen molar-refractivity contribution in [3.8, 4) is 0 Å². The molecule has 0 spiro atoms. The third-order valence-electron chi connectivity index (χ3n) is 4.06. The highest BCUT2D eigenvalue weighted by molar-refractivity contribution is 8.27. The van der Waals surface area contributed by atoms with E-state index in [1.54, 1.807) is 29.2 Å². The topological polar surface area (TPSA) is 20.3 Å². The van der Waals surface area contributed by atoms with Crippen LogP contribution in [0.2, 0.25) is 10.0 Å². The van der Waals surface area contributed by atoms with Gasteiger partial charge in [0.25, 0.3) is 5.91 Å². The van der Waals surface area contributed by atoms with Crippen LogP contribution in [-0.2, 0) is 11.2 Å².